The number of anilines is 2. The second-order valence-electron chi connectivity index (χ2n) is 5.61. The summed E-state index contributed by atoms with van der Waals surface area (Å²) in [5, 5.41) is 6.42. The minimum absolute atomic E-state index is 0.254. The van der Waals surface area contributed by atoms with Gasteiger partial charge in [-0.25, -0.2) is 0 Å². The maximum atomic E-state index is 10.2. The average Bonchev–Trinajstić information content (AvgIpc) is 3.36. The van der Waals surface area contributed by atoms with Gasteiger partial charge in [-0.3, -0.25) is 4.57 Å². The molecule has 26 heavy (non-hydrogen) atoms. The van der Waals surface area contributed by atoms with Crippen molar-refractivity contribution in [2.24, 2.45) is 0 Å². The summed E-state index contributed by atoms with van der Waals surface area (Å²) >= 11 is 0. The first kappa shape index (κ1) is 22.2. The van der Waals surface area contributed by atoms with E-state index in [1.807, 2.05) is 36.4 Å². The molecule has 0 unspecified atom stereocenters. The smallest absolute Gasteiger partial charge is 0.356 e. The number of para-hydroxylation sites is 2. The Morgan fingerprint density at radius 1 is 0.885 bits per heavy atom. The Morgan fingerprint density at radius 2 is 1.23 bits per heavy atom. The molecule has 0 amide bonds. The van der Waals surface area contributed by atoms with Crippen molar-refractivity contribution in [1.82, 2.24) is 0 Å². The van der Waals surface area contributed by atoms with E-state index in [0.717, 1.165) is 13.1 Å². The number of hydrogen-bond donors (Lipinski definition) is 4. The Kier molecular flexibility index (Phi) is 9.99. The molecule has 1 aliphatic rings. The van der Waals surface area contributed by atoms with Gasteiger partial charge in [-0.2, -0.15) is 0 Å². The summed E-state index contributed by atoms with van der Waals surface area (Å²) in [4.78, 5) is 16.6. The first-order valence-electron chi connectivity index (χ1n) is 8.67. The third-order valence-electron chi connectivity index (χ3n) is 3.32. The van der Waals surface area contributed by atoms with Gasteiger partial charge in [-0.05, 0) is 45.0 Å². The zero-order valence-electron chi connectivity index (χ0n) is 15.5. The monoisotopic (exact) mass is 380 g/mol. The van der Waals surface area contributed by atoms with Crippen LogP contribution in [0.5, 0.6) is 0 Å². The van der Waals surface area contributed by atoms with Crippen molar-refractivity contribution in [2.75, 3.05) is 23.7 Å². The van der Waals surface area contributed by atoms with Crippen LogP contribution >= 0.6 is 7.60 Å². The molecule has 0 aliphatic carbocycles. The van der Waals surface area contributed by atoms with Gasteiger partial charge in [0.05, 0.1) is 6.10 Å². The molecule has 2 aromatic rings. The molecule has 1 fully saturated rings. The van der Waals surface area contributed by atoms with E-state index < -0.39 is 13.4 Å². The number of rotatable bonds is 5. The van der Waals surface area contributed by atoms with E-state index in [4.69, 9.17) is 9.79 Å². The van der Waals surface area contributed by atoms with Crippen LogP contribution < -0.4 is 10.6 Å². The van der Waals surface area contributed by atoms with Gasteiger partial charge in [0.25, 0.3) is 0 Å². The molecule has 0 aromatic heterocycles. The minimum Gasteiger partial charge on any atom is -0.385 e. The van der Waals surface area contributed by atoms with Crippen molar-refractivity contribution in [3.8, 4) is 0 Å². The molecule has 1 heterocycles. The van der Waals surface area contributed by atoms with Crippen LogP contribution in [0.25, 0.3) is 0 Å². The van der Waals surface area contributed by atoms with Gasteiger partial charge in [0.2, 0.25) is 0 Å². The zero-order valence-corrected chi connectivity index (χ0v) is 16.4. The standard InChI is InChI=1S/2C8H11N.C3H7O4P/c2*1-2-9-8-6-4-3-5-7-8;1-2-3(7-2)8(4,5)6/h2*3-7,9H,2H2,1H3;2-3H,1H3,(H2,4,5,6)/t;;2-,3+/m..0/s1. The predicted octanol–water partition coefficient (Wildman–Crippen LogP) is 4.15. The van der Waals surface area contributed by atoms with Gasteiger partial charge in [0.1, 0.15) is 0 Å². The Bertz CT molecular complexity index is 608. The number of ether oxygens (including phenoxy) is 1. The fourth-order valence-corrected chi connectivity index (χ4v) is 2.95. The molecule has 0 spiro atoms. The molecule has 2 aromatic carbocycles. The summed E-state index contributed by atoms with van der Waals surface area (Å²) in [6.07, 6.45) is -0.254. The fourth-order valence-electron chi connectivity index (χ4n) is 2.05. The lowest BCUT2D eigenvalue weighted by Crippen LogP contribution is -1.94. The maximum absolute atomic E-state index is 10.2. The van der Waals surface area contributed by atoms with E-state index in [1.165, 1.54) is 11.4 Å². The second kappa shape index (κ2) is 11.7. The van der Waals surface area contributed by atoms with Crippen molar-refractivity contribution in [1.29, 1.82) is 0 Å². The zero-order chi connectivity index (χ0) is 19.4. The van der Waals surface area contributed by atoms with E-state index >= 15 is 0 Å². The Balaban J connectivity index is 0.000000195. The SMILES string of the molecule is CCNc1ccccc1.CCNc1ccccc1.C[C@@H]1O[C@@H]1P(=O)(O)O. The summed E-state index contributed by atoms with van der Waals surface area (Å²) in [5.74, 6) is -0.817. The van der Waals surface area contributed by atoms with Crippen LogP contribution in [0.3, 0.4) is 0 Å². The molecule has 3 rings (SSSR count). The van der Waals surface area contributed by atoms with Crippen LogP contribution in [0.4, 0.5) is 11.4 Å². The third-order valence-corrected chi connectivity index (χ3v) is 4.52. The average molecular weight is 380 g/mol. The van der Waals surface area contributed by atoms with E-state index in [1.54, 1.807) is 6.92 Å². The lowest BCUT2D eigenvalue weighted by atomic mass is 10.3. The first-order valence-corrected chi connectivity index (χ1v) is 10.3. The Labute approximate surface area is 155 Å². The van der Waals surface area contributed by atoms with Crippen LogP contribution in [0.15, 0.2) is 60.7 Å². The topological polar surface area (TPSA) is 94.1 Å². The molecule has 1 aliphatic heterocycles. The Hall–Kier alpha value is -1.85. The number of hydrogen-bond acceptors (Lipinski definition) is 4. The van der Waals surface area contributed by atoms with Gasteiger partial charge in [0, 0.05) is 24.5 Å². The number of benzene rings is 2. The van der Waals surface area contributed by atoms with Crippen molar-refractivity contribution in [3.63, 3.8) is 0 Å². The highest BCUT2D eigenvalue weighted by Crippen LogP contribution is 2.52. The van der Waals surface area contributed by atoms with Gasteiger partial charge in [0.15, 0.2) is 5.85 Å². The molecule has 0 saturated carbocycles. The van der Waals surface area contributed by atoms with Crippen molar-refractivity contribution in [2.45, 2.75) is 32.7 Å². The molecular weight excluding hydrogens is 351 g/mol. The molecule has 4 N–H and O–H groups in total. The summed E-state index contributed by atoms with van der Waals surface area (Å²) in [6, 6.07) is 20.4. The highest BCUT2D eigenvalue weighted by atomic mass is 31.2. The normalized spacial score (nSPS) is 17.7. The summed E-state index contributed by atoms with van der Waals surface area (Å²) < 4.78 is 14.7. The van der Waals surface area contributed by atoms with E-state index in [2.05, 4.69) is 53.5 Å². The first-order chi connectivity index (χ1) is 12.4. The lowest BCUT2D eigenvalue weighted by Gasteiger charge is -1.99. The number of epoxide rings is 1. The number of nitrogens with one attached hydrogen (secondary N) is 2. The summed E-state index contributed by atoms with van der Waals surface area (Å²) in [6.45, 7) is 7.79. The van der Waals surface area contributed by atoms with Crippen molar-refractivity contribution >= 4 is 19.0 Å². The van der Waals surface area contributed by atoms with Crippen molar-refractivity contribution in [3.05, 3.63) is 60.7 Å². The molecule has 1 saturated heterocycles. The lowest BCUT2D eigenvalue weighted by molar-refractivity contribution is 0.333. The molecule has 0 bridgehead atoms. The largest absolute Gasteiger partial charge is 0.385 e. The van der Waals surface area contributed by atoms with Gasteiger partial charge >= 0.3 is 7.60 Å². The van der Waals surface area contributed by atoms with Gasteiger partial charge in [-0.15, -0.1) is 0 Å². The highest BCUT2D eigenvalue weighted by Gasteiger charge is 2.48. The van der Waals surface area contributed by atoms with E-state index in [-0.39, 0.29) is 6.10 Å². The highest BCUT2D eigenvalue weighted by molar-refractivity contribution is 7.52. The molecular formula is C19H29N2O4P. The van der Waals surface area contributed by atoms with Crippen LogP contribution in [-0.2, 0) is 9.30 Å². The molecule has 7 heteroatoms. The molecule has 2 atom stereocenters. The molecule has 144 valence electrons. The molecule has 0 radical (unpaired) electrons. The van der Waals surface area contributed by atoms with Crippen LogP contribution in [0.1, 0.15) is 20.8 Å². The summed E-state index contributed by atoms with van der Waals surface area (Å²) in [7, 11) is -3.90. The van der Waals surface area contributed by atoms with Gasteiger partial charge < -0.3 is 25.2 Å². The second-order valence-corrected chi connectivity index (χ2v) is 7.30. The van der Waals surface area contributed by atoms with Crippen LogP contribution in [0, 0.1) is 0 Å². The van der Waals surface area contributed by atoms with Crippen LogP contribution in [0.2, 0.25) is 0 Å². The predicted molar refractivity (Wildman–Crippen MR) is 108 cm³/mol. The van der Waals surface area contributed by atoms with Gasteiger partial charge in [-0.1, -0.05) is 36.4 Å². The third kappa shape index (κ3) is 9.59. The molecule has 6 nitrogen and oxygen atoms in total. The minimum atomic E-state index is -3.90. The van der Waals surface area contributed by atoms with E-state index in [0.29, 0.717) is 0 Å². The Morgan fingerprint density at radius 3 is 1.42 bits per heavy atom. The van der Waals surface area contributed by atoms with Crippen LogP contribution in [-0.4, -0.2) is 34.8 Å². The fraction of sp³-hybridized carbons (Fsp3) is 0.368. The van der Waals surface area contributed by atoms with E-state index in [9.17, 15) is 4.57 Å². The quantitative estimate of drug-likeness (QED) is 0.460. The maximum Gasteiger partial charge on any atom is 0.356 e. The summed E-state index contributed by atoms with van der Waals surface area (Å²) in [5.41, 5.74) is 2.39. The van der Waals surface area contributed by atoms with Crippen molar-refractivity contribution < 1.29 is 19.1 Å².